The van der Waals surface area contributed by atoms with E-state index in [4.69, 9.17) is 23.2 Å². The van der Waals surface area contributed by atoms with Crippen molar-refractivity contribution in [3.63, 3.8) is 0 Å². The Morgan fingerprint density at radius 1 is 1.53 bits per heavy atom. The third-order valence-corrected chi connectivity index (χ3v) is 3.72. The number of halogens is 2. The van der Waals surface area contributed by atoms with Gasteiger partial charge in [-0.05, 0) is 30.0 Å². The van der Waals surface area contributed by atoms with Gasteiger partial charge in [-0.15, -0.1) is 0 Å². The molecule has 0 bridgehead atoms. The van der Waals surface area contributed by atoms with Crippen molar-refractivity contribution in [2.75, 3.05) is 6.54 Å². The molecule has 0 fully saturated rings. The first kappa shape index (κ1) is 12.5. The van der Waals surface area contributed by atoms with Crippen LogP contribution in [0, 0.1) is 0 Å². The van der Waals surface area contributed by atoms with Crippen LogP contribution in [0.15, 0.2) is 12.6 Å². The number of hydrogen-bond donors (Lipinski definition) is 1. The van der Waals surface area contributed by atoms with Gasteiger partial charge in [0, 0.05) is 17.7 Å². The van der Waals surface area contributed by atoms with Gasteiger partial charge in [0.25, 0.3) is 5.91 Å². The Bertz CT molecular complexity index is 509. The van der Waals surface area contributed by atoms with Crippen molar-refractivity contribution < 1.29 is 4.79 Å². The van der Waals surface area contributed by atoms with Crippen molar-refractivity contribution in [2.45, 2.75) is 19.8 Å². The second-order valence-corrected chi connectivity index (χ2v) is 4.82. The zero-order chi connectivity index (χ0) is 12.6. The lowest BCUT2D eigenvalue weighted by molar-refractivity contribution is 0.0946. The van der Waals surface area contributed by atoms with Crippen molar-refractivity contribution in [2.24, 2.45) is 0 Å². The molecular weight excluding hydrogens is 257 g/mol. The number of carbonyl (C=O) groups is 1. The number of rotatable bonds is 2. The highest BCUT2D eigenvalue weighted by atomic mass is 35.5. The van der Waals surface area contributed by atoms with Crippen molar-refractivity contribution >= 4 is 34.7 Å². The molecule has 17 heavy (non-hydrogen) atoms. The van der Waals surface area contributed by atoms with Crippen LogP contribution in [0.5, 0.6) is 0 Å². The van der Waals surface area contributed by atoms with Gasteiger partial charge in [-0.1, -0.05) is 36.7 Å². The van der Waals surface area contributed by atoms with E-state index in [1.54, 1.807) is 6.07 Å². The predicted molar refractivity (Wildman–Crippen MR) is 71.8 cm³/mol. The summed E-state index contributed by atoms with van der Waals surface area (Å²) in [5, 5.41) is 3.85. The average molecular weight is 270 g/mol. The number of allylic oxidation sites excluding steroid dienone is 1. The Morgan fingerprint density at radius 3 is 2.88 bits per heavy atom. The molecule has 1 aromatic carbocycles. The minimum atomic E-state index is -0.108. The van der Waals surface area contributed by atoms with Crippen LogP contribution in [-0.4, -0.2) is 12.5 Å². The van der Waals surface area contributed by atoms with Gasteiger partial charge >= 0.3 is 0 Å². The van der Waals surface area contributed by atoms with Crippen molar-refractivity contribution in [1.82, 2.24) is 5.32 Å². The highest BCUT2D eigenvalue weighted by molar-refractivity contribution is 6.38. The molecule has 1 amide bonds. The number of benzene rings is 1. The summed E-state index contributed by atoms with van der Waals surface area (Å²) < 4.78 is 0. The largest absolute Gasteiger partial charge is 0.352 e. The normalized spacial score (nSPS) is 14.2. The average Bonchev–Trinajstić information content (AvgIpc) is 2.30. The second-order valence-electron chi connectivity index (χ2n) is 4.04. The van der Waals surface area contributed by atoms with Gasteiger partial charge in [-0.25, -0.2) is 0 Å². The highest BCUT2D eigenvalue weighted by Gasteiger charge is 2.23. The number of fused-ring (bicyclic) bond motifs is 1. The van der Waals surface area contributed by atoms with E-state index in [1.165, 1.54) is 0 Å². The number of amides is 1. The fourth-order valence-electron chi connectivity index (χ4n) is 2.00. The summed E-state index contributed by atoms with van der Waals surface area (Å²) in [6.45, 7) is 6.58. The van der Waals surface area contributed by atoms with E-state index in [1.807, 2.05) is 6.92 Å². The van der Waals surface area contributed by atoms with Crippen LogP contribution >= 0.6 is 23.2 Å². The maximum Gasteiger partial charge on any atom is 0.251 e. The van der Waals surface area contributed by atoms with Gasteiger partial charge in [0.2, 0.25) is 0 Å². The molecule has 2 rings (SSSR count). The Morgan fingerprint density at radius 2 is 2.24 bits per heavy atom. The molecule has 1 aromatic rings. The molecule has 0 radical (unpaired) electrons. The topological polar surface area (TPSA) is 29.1 Å². The van der Waals surface area contributed by atoms with Crippen molar-refractivity contribution in [3.8, 4) is 0 Å². The van der Waals surface area contributed by atoms with Crippen LogP contribution in [0.2, 0.25) is 10.0 Å². The Hall–Kier alpha value is -0.990. The summed E-state index contributed by atoms with van der Waals surface area (Å²) in [6.07, 6.45) is 1.52. The summed E-state index contributed by atoms with van der Waals surface area (Å²) in [5.74, 6) is -0.108. The van der Waals surface area contributed by atoms with E-state index in [0.717, 1.165) is 29.5 Å². The zero-order valence-electron chi connectivity index (χ0n) is 9.57. The smallest absolute Gasteiger partial charge is 0.251 e. The van der Waals surface area contributed by atoms with E-state index in [9.17, 15) is 4.79 Å². The molecule has 0 aliphatic carbocycles. The molecule has 0 atom stereocenters. The van der Waals surface area contributed by atoms with Gasteiger partial charge in [-0.2, -0.15) is 0 Å². The Balaban J connectivity index is 2.66. The molecule has 1 heterocycles. The second kappa shape index (κ2) is 4.71. The van der Waals surface area contributed by atoms with Gasteiger partial charge in [0.05, 0.1) is 10.0 Å². The number of carbonyl (C=O) groups excluding carboxylic acids is 1. The van der Waals surface area contributed by atoms with Crippen LogP contribution in [0.1, 0.15) is 34.8 Å². The summed E-state index contributed by atoms with van der Waals surface area (Å²) >= 11 is 12.5. The zero-order valence-corrected chi connectivity index (χ0v) is 11.1. The molecule has 0 aromatic heterocycles. The molecule has 1 N–H and O–H groups in total. The van der Waals surface area contributed by atoms with Crippen LogP contribution in [0.3, 0.4) is 0 Å². The molecule has 0 unspecified atom stereocenters. The first-order valence-corrected chi connectivity index (χ1v) is 6.29. The van der Waals surface area contributed by atoms with Gasteiger partial charge < -0.3 is 5.32 Å². The molecule has 0 spiro atoms. The van der Waals surface area contributed by atoms with E-state index >= 15 is 0 Å². The molecule has 2 nitrogen and oxygen atoms in total. The third-order valence-electron chi connectivity index (χ3n) is 3.00. The molecule has 1 aliphatic rings. The van der Waals surface area contributed by atoms with Crippen LogP contribution in [0.4, 0.5) is 0 Å². The number of nitrogens with one attached hydrogen (secondary N) is 1. The van der Waals surface area contributed by atoms with Crippen LogP contribution in [-0.2, 0) is 6.42 Å². The van der Waals surface area contributed by atoms with Crippen LogP contribution in [0.25, 0.3) is 5.57 Å². The molecule has 4 heteroatoms. The standard InChI is InChI=1S/C13H13Cl2NO/c1-3-7(2)11-10(14)6-9-8(12(11)15)4-5-16-13(9)17/h6H,2-5H2,1H3,(H,16,17). The first-order chi connectivity index (χ1) is 8.06. The molecule has 0 saturated carbocycles. The van der Waals surface area contributed by atoms with Gasteiger partial charge in [-0.3, -0.25) is 4.79 Å². The summed E-state index contributed by atoms with van der Waals surface area (Å²) in [4.78, 5) is 11.7. The molecule has 1 aliphatic heterocycles. The number of hydrogen-bond acceptors (Lipinski definition) is 1. The van der Waals surface area contributed by atoms with E-state index in [2.05, 4.69) is 11.9 Å². The van der Waals surface area contributed by atoms with E-state index < -0.39 is 0 Å². The molecule has 0 saturated heterocycles. The molecular formula is C13H13Cl2NO. The maximum atomic E-state index is 11.7. The van der Waals surface area contributed by atoms with E-state index in [0.29, 0.717) is 22.2 Å². The molecule has 90 valence electrons. The summed E-state index contributed by atoms with van der Waals surface area (Å²) in [6, 6.07) is 1.69. The lowest BCUT2D eigenvalue weighted by Gasteiger charge is -2.21. The lowest BCUT2D eigenvalue weighted by Crippen LogP contribution is -2.32. The van der Waals surface area contributed by atoms with Crippen LogP contribution < -0.4 is 5.32 Å². The fraction of sp³-hybridized carbons (Fsp3) is 0.308. The monoisotopic (exact) mass is 269 g/mol. The highest BCUT2D eigenvalue weighted by Crippen LogP contribution is 2.37. The quantitative estimate of drug-likeness (QED) is 0.872. The summed E-state index contributed by atoms with van der Waals surface area (Å²) in [7, 11) is 0. The lowest BCUT2D eigenvalue weighted by atomic mass is 9.94. The predicted octanol–water partition coefficient (Wildman–Crippen LogP) is 3.70. The van der Waals surface area contributed by atoms with Gasteiger partial charge in [0.15, 0.2) is 0 Å². The Kier molecular flexibility index (Phi) is 3.45. The maximum absolute atomic E-state index is 11.7. The van der Waals surface area contributed by atoms with E-state index in [-0.39, 0.29) is 5.91 Å². The van der Waals surface area contributed by atoms with Gasteiger partial charge in [0.1, 0.15) is 0 Å². The SMILES string of the molecule is C=C(CC)c1c(Cl)cc2c(c1Cl)CCNC2=O. The first-order valence-electron chi connectivity index (χ1n) is 5.53. The fourth-order valence-corrected chi connectivity index (χ4v) is 2.82. The van der Waals surface area contributed by atoms with Crippen molar-refractivity contribution in [1.29, 1.82) is 0 Å². The third kappa shape index (κ3) is 2.07. The minimum absolute atomic E-state index is 0.108. The Labute approximate surface area is 111 Å². The summed E-state index contributed by atoms with van der Waals surface area (Å²) in [5.41, 5.74) is 3.14. The minimum Gasteiger partial charge on any atom is -0.352 e. The van der Waals surface area contributed by atoms with Crippen molar-refractivity contribution in [3.05, 3.63) is 39.4 Å².